The molecule has 1 aliphatic rings. The van der Waals surface area contributed by atoms with E-state index < -0.39 is 23.6 Å². The van der Waals surface area contributed by atoms with Crippen molar-refractivity contribution in [3.05, 3.63) is 35.4 Å². The second kappa shape index (κ2) is 4.49. The van der Waals surface area contributed by atoms with Crippen LogP contribution in [-0.2, 0) is 10.9 Å². The Morgan fingerprint density at radius 1 is 1.29 bits per heavy atom. The van der Waals surface area contributed by atoms with Crippen LogP contribution in [0.1, 0.15) is 28.8 Å². The Hall–Kier alpha value is -1.36. The molecule has 0 aliphatic carbocycles. The fraction of sp³-hybridized carbons (Fsp3) is 0.417. The number of rotatable bonds is 2. The van der Waals surface area contributed by atoms with E-state index in [1.165, 1.54) is 18.2 Å². The Morgan fingerprint density at radius 2 is 2.00 bits per heavy atom. The Bertz CT molecular complexity index is 420. The molecule has 0 saturated carbocycles. The molecule has 2 nitrogen and oxygen atoms in total. The first-order valence-corrected chi connectivity index (χ1v) is 5.32. The molecule has 1 aromatic carbocycles. The quantitative estimate of drug-likeness (QED) is 0.747. The molecule has 1 atom stereocenters. The molecule has 1 unspecified atom stereocenters. The number of carbonyl (C=O) groups excluding carboxylic acids is 1. The maximum Gasteiger partial charge on any atom is 0.417 e. The normalized spacial score (nSPS) is 20.5. The number of benzene rings is 1. The van der Waals surface area contributed by atoms with Gasteiger partial charge in [-0.05, 0) is 18.9 Å². The van der Waals surface area contributed by atoms with Crippen molar-refractivity contribution in [1.82, 2.24) is 0 Å². The van der Waals surface area contributed by atoms with Crippen LogP contribution in [0.4, 0.5) is 13.2 Å². The van der Waals surface area contributed by atoms with Gasteiger partial charge in [-0.25, -0.2) is 0 Å². The van der Waals surface area contributed by atoms with Crippen molar-refractivity contribution in [3.63, 3.8) is 0 Å². The smallest absolute Gasteiger partial charge is 0.370 e. The van der Waals surface area contributed by atoms with Gasteiger partial charge in [0.1, 0.15) is 6.10 Å². The highest BCUT2D eigenvalue weighted by molar-refractivity contribution is 6.01. The topological polar surface area (TPSA) is 26.3 Å². The molecule has 0 bridgehead atoms. The number of halogens is 3. The summed E-state index contributed by atoms with van der Waals surface area (Å²) < 4.78 is 43.2. The SMILES string of the molecule is O=C(c1ccccc1C(F)(F)F)C1CCCO1. The summed E-state index contributed by atoms with van der Waals surface area (Å²) >= 11 is 0. The highest BCUT2D eigenvalue weighted by Crippen LogP contribution is 2.33. The summed E-state index contributed by atoms with van der Waals surface area (Å²) in [5.74, 6) is -0.574. The van der Waals surface area contributed by atoms with Crippen LogP contribution in [0.5, 0.6) is 0 Å². The summed E-state index contributed by atoms with van der Waals surface area (Å²) in [5.41, 5.74) is -1.19. The van der Waals surface area contributed by atoms with Crippen molar-refractivity contribution in [3.8, 4) is 0 Å². The zero-order chi connectivity index (χ0) is 12.5. The van der Waals surface area contributed by atoms with E-state index in [0.717, 1.165) is 6.07 Å². The molecule has 1 aliphatic heterocycles. The highest BCUT2D eigenvalue weighted by Gasteiger charge is 2.37. The third kappa shape index (κ3) is 2.49. The molecule has 0 N–H and O–H groups in total. The standard InChI is InChI=1S/C12H11F3O2/c13-12(14,15)9-5-2-1-4-8(9)11(16)10-6-3-7-17-10/h1-2,4-5,10H,3,6-7H2. The van der Waals surface area contributed by atoms with Gasteiger partial charge in [-0.2, -0.15) is 13.2 Å². The van der Waals surface area contributed by atoms with Gasteiger partial charge in [-0.1, -0.05) is 18.2 Å². The van der Waals surface area contributed by atoms with Crippen molar-refractivity contribution >= 4 is 5.78 Å². The summed E-state index contributed by atoms with van der Waals surface area (Å²) in [6, 6.07) is 4.82. The fourth-order valence-corrected chi connectivity index (χ4v) is 1.90. The second-order valence-electron chi connectivity index (χ2n) is 3.91. The molecular weight excluding hydrogens is 233 g/mol. The number of hydrogen-bond donors (Lipinski definition) is 0. The van der Waals surface area contributed by atoms with E-state index in [1.54, 1.807) is 0 Å². The first-order valence-electron chi connectivity index (χ1n) is 5.32. The number of ether oxygens (including phenoxy) is 1. The molecule has 1 aromatic rings. The molecule has 0 amide bonds. The molecule has 92 valence electrons. The van der Waals surface area contributed by atoms with E-state index in [4.69, 9.17) is 4.74 Å². The molecule has 0 aromatic heterocycles. The van der Waals surface area contributed by atoms with Crippen LogP contribution < -0.4 is 0 Å². The van der Waals surface area contributed by atoms with Crippen LogP contribution in [0.2, 0.25) is 0 Å². The molecule has 0 spiro atoms. The Labute approximate surface area is 96.4 Å². The predicted molar refractivity (Wildman–Crippen MR) is 54.7 cm³/mol. The molecular formula is C12H11F3O2. The van der Waals surface area contributed by atoms with E-state index in [0.29, 0.717) is 19.4 Å². The number of Topliss-reactive ketones (excluding diaryl/α,β-unsaturated/α-hetero) is 1. The first-order chi connectivity index (χ1) is 8.00. The van der Waals surface area contributed by atoms with Crippen LogP contribution in [0.15, 0.2) is 24.3 Å². The van der Waals surface area contributed by atoms with Crippen LogP contribution in [-0.4, -0.2) is 18.5 Å². The van der Waals surface area contributed by atoms with Gasteiger partial charge in [-0.3, -0.25) is 4.79 Å². The summed E-state index contributed by atoms with van der Waals surface area (Å²) in [6.45, 7) is 0.435. The van der Waals surface area contributed by atoms with Gasteiger partial charge in [0.25, 0.3) is 0 Å². The lowest BCUT2D eigenvalue weighted by atomic mass is 9.98. The third-order valence-electron chi connectivity index (χ3n) is 2.72. The number of ketones is 1. The number of hydrogen-bond acceptors (Lipinski definition) is 2. The lowest BCUT2D eigenvalue weighted by molar-refractivity contribution is -0.138. The van der Waals surface area contributed by atoms with E-state index >= 15 is 0 Å². The molecule has 2 rings (SSSR count). The van der Waals surface area contributed by atoms with Crippen LogP contribution in [0, 0.1) is 0 Å². The Morgan fingerprint density at radius 3 is 2.59 bits per heavy atom. The Balaban J connectivity index is 2.34. The Kier molecular flexibility index (Phi) is 3.19. The zero-order valence-electron chi connectivity index (χ0n) is 8.96. The summed E-state index contributed by atoms with van der Waals surface area (Å²) in [7, 11) is 0. The van der Waals surface area contributed by atoms with Crippen molar-refractivity contribution in [2.75, 3.05) is 6.61 Å². The van der Waals surface area contributed by atoms with Crippen molar-refractivity contribution in [2.45, 2.75) is 25.1 Å². The number of carbonyl (C=O) groups is 1. The molecule has 1 saturated heterocycles. The van der Waals surface area contributed by atoms with E-state index in [2.05, 4.69) is 0 Å². The van der Waals surface area contributed by atoms with Crippen molar-refractivity contribution in [2.24, 2.45) is 0 Å². The van der Waals surface area contributed by atoms with Crippen LogP contribution >= 0.6 is 0 Å². The van der Waals surface area contributed by atoms with E-state index in [1.807, 2.05) is 0 Å². The van der Waals surface area contributed by atoms with Crippen LogP contribution in [0.25, 0.3) is 0 Å². The second-order valence-corrected chi connectivity index (χ2v) is 3.91. The molecule has 1 heterocycles. The molecule has 1 fully saturated rings. The average Bonchev–Trinajstić information content (AvgIpc) is 2.80. The van der Waals surface area contributed by atoms with Gasteiger partial charge < -0.3 is 4.74 Å². The van der Waals surface area contributed by atoms with E-state index in [-0.39, 0.29) is 5.56 Å². The monoisotopic (exact) mass is 244 g/mol. The summed E-state index contributed by atoms with van der Waals surface area (Å²) in [5, 5.41) is 0. The maximum absolute atomic E-state index is 12.7. The van der Waals surface area contributed by atoms with Gasteiger partial charge in [0.2, 0.25) is 0 Å². The predicted octanol–water partition coefficient (Wildman–Crippen LogP) is 3.07. The van der Waals surface area contributed by atoms with Crippen molar-refractivity contribution in [1.29, 1.82) is 0 Å². The lowest BCUT2D eigenvalue weighted by Crippen LogP contribution is -2.23. The molecule has 0 radical (unpaired) electrons. The van der Waals surface area contributed by atoms with Gasteiger partial charge in [0.15, 0.2) is 5.78 Å². The minimum absolute atomic E-state index is 0.299. The summed E-state index contributed by atoms with van der Waals surface area (Å²) in [4.78, 5) is 11.9. The minimum atomic E-state index is -4.51. The highest BCUT2D eigenvalue weighted by atomic mass is 19.4. The van der Waals surface area contributed by atoms with Gasteiger partial charge in [0, 0.05) is 12.2 Å². The fourth-order valence-electron chi connectivity index (χ4n) is 1.90. The van der Waals surface area contributed by atoms with Crippen LogP contribution in [0.3, 0.4) is 0 Å². The van der Waals surface area contributed by atoms with E-state index in [9.17, 15) is 18.0 Å². The number of alkyl halides is 3. The van der Waals surface area contributed by atoms with Gasteiger partial charge in [0.05, 0.1) is 5.56 Å². The maximum atomic E-state index is 12.7. The largest absolute Gasteiger partial charge is 0.417 e. The summed E-state index contributed by atoms with van der Waals surface area (Å²) in [6.07, 6.45) is -4.03. The lowest BCUT2D eigenvalue weighted by Gasteiger charge is -2.14. The molecule has 5 heteroatoms. The van der Waals surface area contributed by atoms with Gasteiger partial charge in [-0.15, -0.1) is 0 Å². The van der Waals surface area contributed by atoms with Gasteiger partial charge >= 0.3 is 6.18 Å². The van der Waals surface area contributed by atoms with Crippen molar-refractivity contribution < 1.29 is 22.7 Å². The zero-order valence-corrected chi connectivity index (χ0v) is 8.96. The minimum Gasteiger partial charge on any atom is -0.370 e. The molecule has 17 heavy (non-hydrogen) atoms. The average molecular weight is 244 g/mol. The first kappa shape index (κ1) is 12.1. The third-order valence-corrected chi connectivity index (χ3v) is 2.72.